The maximum Gasteiger partial charge on any atom is 0.133 e. The van der Waals surface area contributed by atoms with Crippen LogP contribution in [-0.2, 0) is 9.59 Å². The summed E-state index contributed by atoms with van der Waals surface area (Å²) in [5.41, 5.74) is 0.675. The fourth-order valence-electron chi connectivity index (χ4n) is 7.31. The predicted octanol–water partition coefficient (Wildman–Crippen LogP) is 4.41. The van der Waals surface area contributed by atoms with E-state index in [1.54, 1.807) is 0 Å². The molecule has 4 aliphatic rings. The molecule has 0 aliphatic heterocycles. The van der Waals surface area contributed by atoms with Crippen molar-refractivity contribution in [3.05, 3.63) is 0 Å². The highest BCUT2D eigenvalue weighted by Crippen LogP contribution is 2.66. The highest BCUT2D eigenvalue weighted by molar-refractivity contribution is 5.79. The molecule has 0 N–H and O–H groups in total. The number of Topliss-reactive ketones (excluding diaryl/α,β-unsaturated/α-hetero) is 1. The molecule has 2 nitrogen and oxygen atoms in total. The molecule has 4 saturated carbocycles. The zero-order valence-corrected chi connectivity index (χ0v) is 14.1. The Morgan fingerprint density at radius 3 is 2.50 bits per heavy atom. The summed E-state index contributed by atoms with van der Waals surface area (Å²) in [6, 6.07) is 0. The minimum absolute atomic E-state index is 0.274. The first kappa shape index (κ1) is 14.9. The van der Waals surface area contributed by atoms with Gasteiger partial charge in [0.1, 0.15) is 12.1 Å². The molecule has 4 fully saturated rings. The Bertz CT molecular complexity index is 498. The smallest absolute Gasteiger partial charge is 0.133 e. The first-order valence-corrected chi connectivity index (χ1v) is 9.46. The van der Waals surface area contributed by atoms with E-state index in [1.165, 1.54) is 38.4 Å². The quantitative estimate of drug-likeness (QED) is 0.672. The normalized spacial score (nSPS) is 54.3. The van der Waals surface area contributed by atoms with Crippen LogP contribution in [0.25, 0.3) is 0 Å². The summed E-state index contributed by atoms with van der Waals surface area (Å²) >= 11 is 0. The molecule has 0 radical (unpaired) electrons. The lowest BCUT2D eigenvalue weighted by Gasteiger charge is -2.60. The molecule has 2 heteroatoms. The van der Waals surface area contributed by atoms with Crippen molar-refractivity contribution < 1.29 is 9.59 Å². The molecule has 0 bridgehead atoms. The number of ketones is 1. The molecule has 7 atom stereocenters. The van der Waals surface area contributed by atoms with Crippen molar-refractivity contribution in [3.63, 3.8) is 0 Å². The molecular formula is C20H30O2. The van der Waals surface area contributed by atoms with Crippen molar-refractivity contribution >= 4 is 12.1 Å². The molecule has 122 valence electrons. The van der Waals surface area contributed by atoms with E-state index in [9.17, 15) is 9.59 Å². The summed E-state index contributed by atoms with van der Waals surface area (Å²) in [7, 11) is 0. The van der Waals surface area contributed by atoms with E-state index in [-0.39, 0.29) is 5.41 Å². The topological polar surface area (TPSA) is 34.1 Å². The van der Waals surface area contributed by atoms with Crippen LogP contribution in [0.1, 0.15) is 71.6 Å². The van der Waals surface area contributed by atoms with Gasteiger partial charge in [-0.25, -0.2) is 0 Å². The molecule has 22 heavy (non-hydrogen) atoms. The molecule has 4 aliphatic carbocycles. The van der Waals surface area contributed by atoms with Crippen molar-refractivity contribution in [2.75, 3.05) is 0 Å². The highest BCUT2D eigenvalue weighted by atomic mass is 16.1. The lowest BCUT2D eigenvalue weighted by Crippen LogP contribution is -2.53. The van der Waals surface area contributed by atoms with Crippen LogP contribution in [0, 0.1) is 40.4 Å². The molecule has 0 aromatic carbocycles. The van der Waals surface area contributed by atoms with Crippen LogP contribution in [0.5, 0.6) is 0 Å². The van der Waals surface area contributed by atoms with E-state index in [4.69, 9.17) is 0 Å². The minimum atomic E-state index is 0.274. The van der Waals surface area contributed by atoms with Gasteiger partial charge < -0.3 is 4.79 Å². The molecule has 0 saturated heterocycles. The van der Waals surface area contributed by atoms with Crippen LogP contribution in [0.15, 0.2) is 0 Å². The number of aldehydes is 1. The van der Waals surface area contributed by atoms with Gasteiger partial charge in [0.25, 0.3) is 0 Å². The molecule has 4 rings (SSSR count). The fourth-order valence-corrected chi connectivity index (χ4v) is 7.31. The molecule has 0 aromatic heterocycles. The number of carbonyl (C=O) groups excluding carboxylic acids is 2. The number of rotatable bonds is 1. The average molecular weight is 302 g/mol. The first-order valence-electron chi connectivity index (χ1n) is 9.46. The van der Waals surface area contributed by atoms with Gasteiger partial charge in [-0.05, 0) is 79.4 Å². The van der Waals surface area contributed by atoms with Crippen LogP contribution in [0.4, 0.5) is 0 Å². The van der Waals surface area contributed by atoms with E-state index >= 15 is 0 Å². The summed E-state index contributed by atoms with van der Waals surface area (Å²) in [6.07, 6.45) is 11.5. The van der Waals surface area contributed by atoms with Crippen LogP contribution >= 0.6 is 0 Å². The van der Waals surface area contributed by atoms with E-state index in [0.717, 1.165) is 43.4 Å². The summed E-state index contributed by atoms with van der Waals surface area (Å²) < 4.78 is 0. The molecule has 0 aromatic rings. The van der Waals surface area contributed by atoms with Crippen LogP contribution in [0.3, 0.4) is 0 Å². The monoisotopic (exact) mass is 302 g/mol. The number of fused-ring (bicyclic) bond motifs is 5. The lowest BCUT2D eigenvalue weighted by atomic mass is 9.45. The van der Waals surface area contributed by atoms with Crippen molar-refractivity contribution in [1.82, 2.24) is 0 Å². The third kappa shape index (κ3) is 1.85. The third-order valence-electron chi connectivity index (χ3n) is 8.72. The van der Waals surface area contributed by atoms with Gasteiger partial charge >= 0.3 is 0 Å². The second kappa shape index (κ2) is 4.92. The van der Waals surface area contributed by atoms with Gasteiger partial charge in [0.2, 0.25) is 0 Å². The van der Waals surface area contributed by atoms with Crippen molar-refractivity contribution in [2.24, 2.45) is 40.4 Å². The van der Waals surface area contributed by atoms with Gasteiger partial charge in [0.15, 0.2) is 0 Å². The molecule has 0 spiro atoms. The Kier molecular flexibility index (Phi) is 3.33. The summed E-state index contributed by atoms with van der Waals surface area (Å²) in [6.45, 7) is 4.90. The van der Waals surface area contributed by atoms with E-state index in [2.05, 4.69) is 13.8 Å². The Balaban J connectivity index is 1.63. The highest BCUT2D eigenvalue weighted by Gasteiger charge is 2.60. The number of hydrogen-bond acceptors (Lipinski definition) is 2. The van der Waals surface area contributed by atoms with Crippen molar-refractivity contribution in [1.29, 1.82) is 0 Å². The molecular weight excluding hydrogens is 272 g/mol. The van der Waals surface area contributed by atoms with Gasteiger partial charge in [-0.1, -0.05) is 13.8 Å². The largest absolute Gasteiger partial charge is 0.303 e. The average Bonchev–Trinajstić information content (AvgIpc) is 2.84. The van der Waals surface area contributed by atoms with Gasteiger partial charge in [-0.15, -0.1) is 0 Å². The van der Waals surface area contributed by atoms with Crippen LogP contribution in [0.2, 0.25) is 0 Å². The standard InChI is InChI=1S/C20H30O2/c1-19-9-7-15(22)11-13(19)3-5-16-17-6-4-14(12-21)20(17,2)10-8-18(16)19/h12-14,16-18H,3-11H2,1-2H3. The van der Waals surface area contributed by atoms with E-state index in [0.29, 0.717) is 23.0 Å². The van der Waals surface area contributed by atoms with E-state index < -0.39 is 0 Å². The van der Waals surface area contributed by atoms with Crippen LogP contribution in [-0.4, -0.2) is 12.1 Å². The van der Waals surface area contributed by atoms with Crippen molar-refractivity contribution in [2.45, 2.75) is 71.6 Å². The summed E-state index contributed by atoms with van der Waals surface area (Å²) in [5, 5.41) is 0. The predicted molar refractivity (Wildman–Crippen MR) is 86.3 cm³/mol. The number of carbonyl (C=O) groups is 2. The van der Waals surface area contributed by atoms with Crippen LogP contribution < -0.4 is 0 Å². The summed E-state index contributed by atoms with van der Waals surface area (Å²) in [4.78, 5) is 23.4. The molecule has 0 amide bonds. The molecule has 7 unspecified atom stereocenters. The Hall–Kier alpha value is -0.660. The Morgan fingerprint density at radius 1 is 0.955 bits per heavy atom. The zero-order valence-electron chi connectivity index (χ0n) is 14.1. The fraction of sp³-hybridized carbons (Fsp3) is 0.900. The second-order valence-corrected chi connectivity index (χ2v) is 9.26. The Morgan fingerprint density at radius 2 is 1.73 bits per heavy atom. The zero-order chi connectivity index (χ0) is 15.5. The first-order chi connectivity index (χ1) is 10.5. The summed E-state index contributed by atoms with van der Waals surface area (Å²) in [5.74, 6) is 3.83. The number of hydrogen-bond donors (Lipinski definition) is 0. The third-order valence-corrected chi connectivity index (χ3v) is 8.72. The maximum atomic E-state index is 11.9. The lowest BCUT2D eigenvalue weighted by molar-refractivity contribution is -0.141. The van der Waals surface area contributed by atoms with E-state index in [1.807, 2.05) is 0 Å². The molecule has 0 heterocycles. The SMILES string of the molecule is CC12CCC3C(CCC4CC(=O)CCC43C)C1CCC2C=O. The maximum absolute atomic E-state index is 11.9. The second-order valence-electron chi connectivity index (χ2n) is 9.26. The van der Waals surface area contributed by atoms with Gasteiger partial charge in [0, 0.05) is 18.8 Å². The van der Waals surface area contributed by atoms with Crippen molar-refractivity contribution in [3.8, 4) is 0 Å². The van der Waals surface area contributed by atoms with Gasteiger partial charge in [-0.2, -0.15) is 0 Å². The Labute approximate surface area is 134 Å². The van der Waals surface area contributed by atoms with Gasteiger partial charge in [-0.3, -0.25) is 4.79 Å². The minimum Gasteiger partial charge on any atom is -0.303 e. The van der Waals surface area contributed by atoms with Gasteiger partial charge in [0.05, 0.1) is 0 Å².